The molecule has 33 heavy (non-hydrogen) atoms. The van der Waals surface area contributed by atoms with Crippen LogP contribution < -0.4 is 14.2 Å². The molecule has 0 amide bonds. The van der Waals surface area contributed by atoms with E-state index in [1.807, 2.05) is 36.4 Å². The highest BCUT2D eigenvalue weighted by Crippen LogP contribution is 2.41. The zero-order valence-corrected chi connectivity index (χ0v) is 19.8. The van der Waals surface area contributed by atoms with Crippen molar-refractivity contribution in [2.75, 3.05) is 21.3 Å². The first kappa shape index (κ1) is 22.7. The number of aryl methyl sites for hydroxylation is 1. The zero-order valence-electron chi connectivity index (χ0n) is 19.0. The van der Waals surface area contributed by atoms with E-state index in [2.05, 4.69) is 5.10 Å². The Morgan fingerprint density at radius 1 is 0.848 bits per heavy atom. The maximum Gasteiger partial charge on any atom is 0.279 e. The molecule has 4 rings (SSSR count). The van der Waals surface area contributed by atoms with Gasteiger partial charge in [0.25, 0.3) is 10.0 Å². The number of hydrazone groups is 1. The molecule has 0 saturated heterocycles. The van der Waals surface area contributed by atoms with Crippen LogP contribution in [0.2, 0.25) is 0 Å². The highest BCUT2D eigenvalue weighted by Gasteiger charge is 2.39. The van der Waals surface area contributed by atoms with Crippen molar-refractivity contribution in [3.63, 3.8) is 0 Å². The van der Waals surface area contributed by atoms with E-state index in [1.165, 1.54) is 4.41 Å². The summed E-state index contributed by atoms with van der Waals surface area (Å²) >= 11 is 0. The average molecular weight is 467 g/mol. The minimum Gasteiger partial charge on any atom is -0.496 e. The fraction of sp³-hybridized carbons (Fsp3) is 0.240. The van der Waals surface area contributed by atoms with E-state index in [1.54, 1.807) is 58.6 Å². The van der Waals surface area contributed by atoms with Gasteiger partial charge in [-0.05, 0) is 42.8 Å². The number of para-hydroxylation sites is 1. The van der Waals surface area contributed by atoms with Crippen LogP contribution in [0.4, 0.5) is 0 Å². The van der Waals surface area contributed by atoms with Crippen LogP contribution in [0.3, 0.4) is 0 Å². The van der Waals surface area contributed by atoms with Gasteiger partial charge >= 0.3 is 0 Å². The Kier molecular flexibility index (Phi) is 6.29. The molecule has 0 spiro atoms. The molecular weight excluding hydrogens is 440 g/mol. The summed E-state index contributed by atoms with van der Waals surface area (Å²) in [6.45, 7) is 1.78. The number of sulfonamides is 1. The second-order valence-corrected chi connectivity index (χ2v) is 9.39. The van der Waals surface area contributed by atoms with Crippen LogP contribution in [0, 0.1) is 6.92 Å². The van der Waals surface area contributed by atoms with Crippen LogP contribution >= 0.6 is 0 Å². The number of hydrogen-bond acceptors (Lipinski definition) is 6. The van der Waals surface area contributed by atoms with Gasteiger partial charge in [-0.3, -0.25) is 0 Å². The number of methoxy groups -OCH3 is 3. The molecule has 0 aliphatic carbocycles. The Balaban J connectivity index is 1.86. The third-order valence-corrected chi connectivity index (χ3v) is 7.55. The SMILES string of the molecule is COc1ccc(C2=NN(S(=O)(=O)c3ccccc3C)[C@@H](c3ccccc3OC)C2)cc1OC. The molecule has 172 valence electrons. The summed E-state index contributed by atoms with van der Waals surface area (Å²) < 4.78 is 45.1. The van der Waals surface area contributed by atoms with Crippen molar-refractivity contribution < 1.29 is 22.6 Å². The Morgan fingerprint density at radius 2 is 1.52 bits per heavy atom. The van der Waals surface area contributed by atoms with Gasteiger partial charge in [-0.2, -0.15) is 17.9 Å². The first-order valence-electron chi connectivity index (χ1n) is 10.4. The highest BCUT2D eigenvalue weighted by molar-refractivity contribution is 7.89. The molecule has 0 fully saturated rings. The maximum atomic E-state index is 13.8. The van der Waals surface area contributed by atoms with Gasteiger partial charge in [0.1, 0.15) is 5.75 Å². The lowest BCUT2D eigenvalue weighted by atomic mass is 9.98. The lowest BCUT2D eigenvalue weighted by Crippen LogP contribution is -2.28. The molecule has 0 N–H and O–H groups in total. The lowest BCUT2D eigenvalue weighted by Gasteiger charge is -2.25. The van der Waals surface area contributed by atoms with Crippen molar-refractivity contribution in [3.8, 4) is 17.2 Å². The molecule has 1 aliphatic rings. The molecule has 0 unspecified atom stereocenters. The Labute approximate surface area is 194 Å². The largest absolute Gasteiger partial charge is 0.496 e. The molecule has 8 heteroatoms. The summed E-state index contributed by atoms with van der Waals surface area (Å²) in [4.78, 5) is 0.224. The molecule has 0 radical (unpaired) electrons. The average Bonchev–Trinajstić information content (AvgIpc) is 3.30. The van der Waals surface area contributed by atoms with Crippen molar-refractivity contribution in [1.29, 1.82) is 0 Å². The number of ether oxygens (including phenoxy) is 3. The smallest absolute Gasteiger partial charge is 0.279 e. The standard InChI is InChI=1S/C25H26N2O5S/c1-17-9-5-8-12-25(17)33(28,29)27-21(19-10-6-7-11-22(19)30-2)16-20(26-27)18-13-14-23(31-3)24(15-18)32-4/h5-15,21H,16H2,1-4H3/t21-/m1/s1. The van der Waals surface area contributed by atoms with Crippen molar-refractivity contribution >= 4 is 15.7 Å². The minimum absolute atomic E-state index is 0.224. The quantitative estimate of drug-likeness (QED) is 0.510. The molecule has 1 atom stereocenters. The van der Waals surface area contributed by atoms with Gasteiger partial charge in [-0.25, -0.2) is 0 Å². The van der Waals surface area contributed by atoms with Crippen molar-refractivity contribution in [2.45, 2.75) is 24.3 Å². The Morgan fingerprint density at radius 3 is 2.21 bits per heavy atom. The van der Waals surface area contributed by atoms with E-state index in [-0.39, 0.29) is 4.90 Å². The van der Waals surface area contributed by atoms with Gasteiger partial charge in [-0.1, -0.05) is 36.4 Å². The van der Waals surface area contributed by atoms with Gasteiger partial charge < -0.3 is 14.2 Å². The van der Waals surface area contributed by atoms with Crippen LogP contribution in [-0.2, 0) is 10.0 Å². The zero-order chi connectivity index (χ0) is 23.6. The van der Waals surface area contributed by atoms with Crippen LogP contribution in [0.25, 0.3) is 0 Å². The molecule has 3 aromatic carbocycles. The van der Waals surface area contributed by atoms with Crippen molar-refractivity contribution in [2.24, 2.45) is 5.10 Å². The summed E-state index contributed by atoms with van der Waals surface area (Å²) in [5.41, 5.74) is 2.79. The number of nitrogens with zero attached hydrogens (tertiary/aromatic N) is 2. The maximum absolute atomic E-state index is 13.8. The number of hydrogen-bond donors (Lipinski definition) is 0. The van der Waals surface area contributed by atoms with E-state index in [0.29, 0.717) is 34.9 Å². The van der Waals surface area contributed by atoms with Crippen LogP contribution in [0.15, 0.2) is 76.7 Å². The van der Waals surface area contributed by atoms with Crippen molar-refractivity contribution in [3.05, 3.63) is 83.4 Å². The molecular formula is C25H26N2O5S. The van der Waals surface area contributed by atoms with E-state index >= 15 is 0 Å². The topological polar surface area (TPSA) is 77.4 Å². The van der Waals surface area contributed by atoms with Crippen LogP contribution in [0.1, 0.15) is 29.2 Å². The number of benzene rings is 3. The number of rotatable bonds is 7. The van der Waals surface area contributed by atoms with Gasteiger partial charge in [0, 0.05) is 17.5 Å². The van der Waals surface area contributed by atoms with Gasteiger partial charge in [-0.15, -0.1) is 0 Å². The summed E-state index contributed by atoms with van der Waals surface area (Å²) in [6.07, 6.45) is 0.376. The molecule has 0 bridgehead atoms. The third-order valence-electron chi connectivity index (χ3n) is 5.71. The summed E-state index contributed by atoms with van der Waals surface area (Å²) in [5, 5.41) is 4.62. The Hall–Kier alpha value is -3.52. The second-order valence-electron chi connectivity index (χ2n) is 7.62. The van der Waals surface area contributed by atoms with E-state index in [4.69, 9.17) is 14.2 Å². The van der Waals surface area contributed by atoms with Gasteiger partial charge in [0.05, 0.1) is 38.0 Å². The monoisotopic (exact) mass is 466 g/mol. The predicted octanol–water partition coefficient (Wildman–Crippen LogP) is 4.56. The highest BCUT2D eigenvalue weighted by atomic mass is 32.2. The van der Waals surface area contributed by atoms with Crippen LogP contribution in [0.5, 0.6) is 17.2 Å². The van der Waals surface area contributed by atoms with E-state index in [0.717, 1.165) is 11.1 Å². The molecule has 1 heterocycles. The first-order chi connectivity index (χ1) is 15.9. The molecule has 7 nitrogen and oxygen atoms in total. The van der Waals surface area contributed by atoms with Crippen LogP contribution in [-0.4, -0.2) is 39.9 Å². The normalized spacial score (nSPS) is 15.8. The summed E-state index contributed by atoms with van der Waals surface area (Å²) in [6, 6.07) is 19.2. The minimum atomic E-state index is -3.93. The summed E-state index contributed by atoms with van der Waals surface area (Å²) in [5.74, 6) is 1.74. The molecule has 0 saturated carbocycles. The van der Waals surface area contributed by atoms with E-state index in [9.17, 15) is 8.42 Å². The Bertz CT molecular complexity index is 1300. The van der Waals surface area contributed by atoms with Gasteiger partial charge in [0.15, 0.2) is 11.5 Å². The predicted molar refractivity (Wildman–Crippen MR) is 127 cm³/mol. The summed E-state index contributed by atoms with van der Waals surface area (Å²) in [7, 11) is 0.775. The second kappa shape index (κ2) is 9.15. The first-order valence-corrected chi connectivity index (χ1v) is 11.9. The van der Waals surface area contributed by atoms with Gasteiger partial charge in [0.2, 0.25) is 0 Å². The third kappa shape index (κ3) is 4.14. The van der Waals surface area contributed by atoms with Crippen molar-refractivity contribution in [1.82, 2.24) is 4.41 Å². The van der Waals surface area contributed by atoms with E-state index < -0.39 is 16.1 Å². The fourth-order valence-corrected chi connectivity index (χ4v) is 5.68. The molecule has 3 aromatic rings. The fourth-order valence-electron chi connectivity index (χ4n) is 4.02. The lowest BCUT2D eigenvalue weighted by molar-refractivity contribution is 0.350. The molecule has 1 aliphatic heterocycles. The molecule has 0 aromatic heterocycles.